The van der Waals surface area contributed by atoms with Gasteiger partial charge in [0.05, 0.1) is 6.61 Å². The average Bonchev–Trinajstić information content (AvgIpc) is 2.80. The number of amides is 1. The summed E-state index contributed by atoms with van der Waals surface area (Å²) in [6.45, 7) is 15.0. The zero-order valence-corrected chi connectivity index (χ0v) is 15.4. The molecule has 0 radical (unpaired) electrons. The van der Waals surface area contributed by atoms with E-state index in [1.165, 1.54) is 0 Å². The number of carbonyl (C=O) groups excluding carboxylic acids is 1. The smallest absolute Gasteiger partial charge is 0.227 e. The summed E-state index contributed by atoms with van der Waals surface area (Å²) in [6.07, 6.45) is 4.49. The fourth-order valence-electron chi connectivity index (χ4n) is 4.80. The van der Waals surface area contributed by atoms with Crippen LogP contribution in [0.5, 0.6) is 0 Å². The first-order valence-corrected chi connectivity index (χ1v) is 9.18. The Morgan fingerprint density at radius 3 is 2.41 bits per heavy atom. The molecule has 1 amide bonds. The van der Waals surface area contributed by atoms with Gasteiger partial charge in [0.25, 0.3) is 0 Å². The fourth-order valence-corrected chi connectivity index (χ4v) is 4.80. The molecule has 2 fully saturated rings. The number of ether oxygens (including phenoxy) is 1. The van der Waals surface area contributed by atoms with E-state index in [0.717, 1.165) is 38.9 Å². The summed E-state index contributed by atoms with van der Waals surface area (Å²) < 4.78 is 5.76. The maximum absolute atomic E-state index is 13.5. The van der Waals surface area contributed by atoms with Gasteiger partial charge in [-0.2, -0.15) is 0 Å². The molecule has 0 bridgehead atoms. The largest absolute Gasteiger partial charge is 0.381 e. The first-order valence-electron chi connectivity index (χ1n) is 9.18. The molecule has 4 atom stereocenters. The Balaban J connectivity index is 2.25. The molecule has 128 valence electrons. The predicted molar refractivity (Wildman–Crippen MR) is 90.7 cm³/mol. The molecule has 3 nitrogen and oxygen atoms in total. The molecule has 0 spiro atoms. The molecule has 2 aliphatic heterocycles. The van der Waals surface area contributed by atoms with Gasteiger partial charge in [0.2, 0.25) is 5.91 Å². The van der Waals surface area contributed by atoms with Crippen LogP contribution in [0.25, 0.3) is 0 Å². The van der Waals surface area contributed by atoms with Crippen molar-refractivity contribution in [2.45, 2.75) is 79.3 Å². The van der Waals surface area contributed by atoms with Crippen LogP contribution in [-0.2, 0) is 9.53 Å². The van der Waals surface area contributed by atoms with Gasteiger partial charge in [-0.15, -0.1) is 0 Å². The van der Waals surface area contributed by atoms with Crippen LogP contribution in [0.3, 0.4) is 0 Å². The van der Waals surface area contributed by atoms with Crippen molar-refractivity contribution in [1.82, 2.24) is 4.90 Å². The van der Waals surface area contributed by atoms with Crippen LogP contribution in [0, 0.1) is 23.2 Å². The molecular weight excluding hydrogens is 274 g/mol. The van der Waals surface area contributed by atoms with Crippen molar-refractivity contribution in [1.29, 1.82) is 0 Å². The van der Waals surface area contributed by atoms with Crippen molar-refractivity contribution in [2.75, 3.05) is 13.2 Å². The molecule has 3 unspecified atom stereocenters. The molecule has 0 aromatic carbocycles. The van der Waals surface area contributed by atoms with E-state index >= 15 is 0 Å². The van der Waals surface area contributed by atoms with Gasteiger partial charge in [-0.25, -0.2) is 0 Å². The highest BCUT2D eigenvalue weighted by Gasteiger charge is 2.47. The average molecular weight is 309 g/mol. The molecular formula is C19H35NO2. The van der Waals surface area contributed by atoms with Crippen molar-refractivity contribution < 1.29 is 9.53 Å². The van der Waals surface area contributed by atoms with Gasteiger partial charge >= 0.3 is 0 Å². The van der Waals surface area contributed by atoms with Gasteiger partial charge in [-0.3, -0.25) is 4.79 Å². The third-order valence-electron chi connectivity index (χ3n) is 5.89. The lowest BCUT2D eigenvalue weighted by Crippen LogP contribution is -2.52. The van der Waals surface area contributed by atoms with Gasteiger partial charge in [0, 0.05) is 30.0 Å². The summed E-state index contributed by atoms with van der Waals surface area (Å²) in [4.78, 5) is 15.7. The highest BCUT2D eigenvalue weighted by Crippen LogP contribution is 2.43. The van der Waals surface area contributed by atoms with Gasteiger partial charge in [0.1, 0.15) is 0 Å². The molecule has 0 aromatic heterocycles. The van der Waals surface area contributed by atoms with Gasteiger partial charge in [0.15, 0.2) is 0 Å². The summed E-state index contributed by atoms with van der Waals surface area (Å²) in [7, 11) is 0. The van der Waals surface area contributed by atoms with Crippen LogP contribution < -0.4 is 0 Å². The maximum atomic E-state index is 13.5. The van der Waals surface area contributed by atoms with Crippen molar-refractivity contribution >= 4 is 5.91 Å². The number of likely N-dealkylation sites (tertiary alicyclic amines) is 1. The van der Waals surface area contributed by atoms with E-state index in [9.17, 15) is 4.79 Å². The van der Waals surface area contributed by atoms with E-state index in [0.29, 0.717) is 29.8 Å². The SMILES string of the molecule is CC(C)C(C(=O)N1C(C)CC[C@H]1C(C)C)C1(C)CCCOC1. The van der Waals surface area contributed by atoms with Crippen LogP contribution in [0.1, 0.15) is 67.2 Å². The fraction of sp³-hybridized carbons (Fsp3) is 0.947. The quantitative estimate of drug-likeness (QED) is 0.782. The summed E-state index contributed by atoms with van der Waals surface area (Å²) >= 11 is 0. The molecule has 2 saturated heterocycles. The van der Waals surface area contributed by atoms with Crippen LogP contribution >= 0.6 is 0 Å². The molecule has 0 aromatic rings. The third kappa shape index (κ3) is 3.34. The number of nitrogens with zero attached hydrogens (tertiary/aromatic N) is 1. The number of hydrogen-bond donors (Lipinski definition) is 0. The van der Waals surface area contributed by atoms with Crippen LogP contribution in [-0.4, -0.2) is 36.1 Å². The molecule has 3 heteroatoms. The predicted octanol–water partition coefficient (Wildman–Crippen LogP) is 4.11. The monoisotopic (exact) mass is 309 g/mol. The van der Waals surface area contributed by atoms with E-state index < -0.39 is 0 Å². The Morgan fingerprint density at radius 1 is 1.23 bits per heavy atom. The lowest BCUT2D eigenvalue weighted by atomic mass is 9.67. The molecule has 2 rings (SSSR count). The standard InChI is InChI=1S/C19H35NO2/c1-13(2)16-9-8-15(5)20(16)18(21)17(14(3)4)19(6)10-7-11-22-12-19/h13-17H,7-12H2,1-6H3/t15?,16-,17?,19?/m0/s1. The summed E-state index contributed by atoms with van der Waals surface area (Å²) in [5.41, 5.74) is -0.00661. The number of hydrogen-bond acceptors (Lipinski definition) is 2. The van der Waals surface area contributed by atoms with E-state index in [1.54, 1.807) is 0 Å². The van der Waals surface area contributed by atoms with Crippen molar-refractivity contribution in [3.8, 4) is 0 Å². The first kappa shape index (κ1) is 17.8. The second kappa shape index (κ2) is 6.90. The van der Waals surface area contributed by atoms with E-state index in [2.05, 4.69) is 46.4 Å². The van der Waals surface area contributed by atoms with Gasteiger partial charge in [-0.05, 0) is 44.4 Å². The minimum Gasteiger partial charge on any atom is -0.381 e. The lowest BCUT2D eigenvalue weighted by molar-refractivity contribution is -0.151. The molecule has 0 N–H and O–H groups in total. The second-order valence-electron chi connectivity index (χ2n) is 8.52. The van der Waals surface area contributed by atoms with Crippen LogP contribution in [0.4, 0.5) is 0 Å². The van der Waals surface area contributed by atoms with E-state index in [-0.39, 0.29) is 11.3 Å². The molecule has 2 heterocycles. The normalized spacial score (nSPS) is 34.5. The second-order valence-corrected chi connectivity index (χ2v) is 8.52. The molecule has 22 heavy (non-hydrogen) atoms. The minimum absolute atomic E-state index is 0.00661. The van der Waals surface area contributed by atoms with Gasteiger partial charge < -0.3 is 9.64 Å². The Morgan fingerprint density at radius 2 is 1.91 bits per heavy atom. The van der Waals surface area contributed by atoms with Crippen LogP contribution in [0.15, 0.2) is 0 Å². The Kier molecular flexibility index (Phi) is 5.58. The molecule has 0 saturated carbocycles. The zero-order valence-electron chi connectivity index (χ0n) is 15.4. The lowest BCUT2D eigenvalue weighted by Gasteiger charge is -2.45. The van der Waals surface area contributed by atoms with Gasteiger partial charge in [-0.1, -0.05) is 34.6 Å². The maximum Gasteiger partial charge on any atom is 0.227 e. The van der Waals surface area contributed by atoms with E-state index in [1.807, 2.05) is 0 Å². The Hall–Kier alpha value is -0.570. The topological polar surface area (TPSA) is 29.5 Å². The first-order chi connectivity index (χ1) is 10.3. The number of carbonyl (C=O) groups is 1. The molecule has 2 aliphatic rings. The van der Waals surface area contributed by atoms with E-state index in [4.69, 9.17) is 4.74 Å². The minimum atomic E-state index is -0.00661. The summed E-state index contributed by atoms with van der Waals surface area (Å²) in [5, 5.41) is 0. The highest BCUT2D eigenvalue weighted by molar-refractivity contribution is 5.81. The Labute approximate surface area is 136 Å². The molecule has 0 aliphatic carbocycles. The van der Waals surface area contributed by atoms with Crippen molar-refractivity contribution in [3.63, 3.8) is 0 Å². The summed E-state index contributed by atoms with van der Waals surface area (Å²) in [5.74, 6) is 1.36. The number of rotatable bonds is 4. The Bertz CT molecular complexity index is 385. The van der Waals surface area contributed by atoms with Crippen molar-refractivity contribution in [2.24, 2.45) is 23.2 Å². The summed E-state index contributed by atoms with van der Waals surface area (Å²) in [6, 6.07) is 0.797. The third-order valence-corrected chi connectivity index (χ3v) is 5.89. The van der Waals surface area contributed by atoms with Crippen LogP contribution in [0.2, 0.25) is 0 Å². The van der Waals surface area contributed by atoms with Crippen molar-refractivity contribution in [3.05, 3.63) is 0 Å². The highest BCUT2D eigenvalue weighted by atomic mass is 16.5. The zero-order chi connectivity index (χ0) is 16.5.